The second-order valence-electron chi connectivity index (χ2n) is 8.37. The molecule has 4 heterocycles. The van der Waals surface area contributed by atoms with Gasteiger partial charge in [-0.05, 0) is 50.6 Å². The van der Waals surface area contributed by atoms with Gasteiger partial charge in [-0.15, -0.1) is 0 Å². The van der Waals surface area contributed by atoms with Gasteiger partial charge in [-0.25, -0.2) is 9.37 Å². The van der Waals surface area contributed by atoms with Crippen molar-refractivity contribution < 1.29 is 4.39 Å². The van der Waals surface area contributed by atoms with E-state index in [9.17, 15) is 4.39 Å². The predicted octanol–water partition coefficient (Wildman–Crippen LogP) is 3.61. The highest BCUT2D eigenvalue weighted by molar-refractivity contribution is 5.60. The molecule has 0 spiro atoms. The van der Waals surface area contributed by atoms with Crippen LogP contribution in [0.15, 0.2) is 48.9 Å². The Balaban J connectivity index is 1.36. The topological polar surface area (TPSA) is 82.1 Å². The Morgan fingerprint density at radius 1 is 1.03 bits per heavy atom. The summed E-state index contributed by atoms with van der Waals surface area (Å²) in [5, 5.41) is 6.58. The molecule has 0 radical (unpaired) electrons. The van der Waals surface area contributed by atoms with Crippen LogP contribution in [0, 0.1) is 5.82 Å². The zero-order valence-electron chi connectivity index (χ0n) is 18.1. The first-order chi connectivity index (χ1) is 15.6. The third-order valence-corrected chi connectivity index (χ3v) is 6.09. The van der Waals surface area contributed by atoms with Crippen LogP contribution in [0.25, 0.3) is 0 Å². The number of nitrogens with one attached hydrogen (secondary N) is 2. The predicted molar refractivity (Wildman–Crippen MR) is 123 cm³/mol. The fourth-order valence-electron chi connectivity index (χ4n) is 4.23. The van der Waals surface area contributed by atoms with E-state index in [0.29, 0.717) is 23.6 Å². The molecule has 9 heteroatoms. The fraction of sp³-hybridized carbons (Fsp3) is 0.391. The quantitative estimate of drug-likeness (QED) is 0.584. The van der Waals surface area contributed by atoms with Crippen molar-refractivity contribution in [2.75, 3.05) is 41.7 Å². The molecule has 166 valence electrons. The number of benzene rings is 1. The smallest absolute Gasteiger partial charge is 0.227 e. The van der Waals surface area contributed by atoms with Crippen molar-refractivity contribution in [1.29, 1.82) is 0 Å². The molecule has 5 rings (SSSR count). The number of hydrogen-bond acceptors (Lipinski definition) is 8. The zero-order valence-corrected chi connectivity index (χ0v) is 18.1. The summed E-state index contributed by atoms with van der Waals surface area (Å²) in [7, 11) is 0. The first-order valence-corrected chi connectivity index (χ1v) is 11.1. The maximum atomic E-state index is 13.3. The Kier molecular flexibility index (Phi) is 5.81. The molecule has 2 fully saturated rings. The van der Waals surface area contributed by atoms with E-state index in [1.54, 1.807) is 30.7 Å². The van der Waals surface area contributed by atoms with Gasteiger partial charge in [0.25, 0.3) is 0 Å². The second kappa shape index (κ2) is 9.04. The van der Waals surface area contributed by atoms with E-state index in [0.717, 1.165) is 24.5 Å². The van der Waals surface area contributed by atoms with Crippen molar-refractivity contribution in [2.45, 2.75) is 31.8 Å². The molecule has 0 bridgehead atoms. The van der Waals surface area contributed by atoms with Crippen LogP contribution in [0.4, 0.5) is 27.8 Å². The summed E-state index contributed by atoms with van der Waals surface area (Å²) in [4.78, 5) is 22.7. The first kappa shape index (κ1) is 20.6. The summed E-state index contributed by atoms with van der Waals surface area (Å²) in [5.41, 5.74) is 0.960. The maximum Gasteiger partial charge on any atom is 0.227 e. The SMILES string of the molecule is CC(Nc1nc(Nc2cnccn2)cc(N2CC(N3CCCC3)C2)n1)c1ccc(F)cc1. The summed E-state index contributed by atoms with van der Waals surface area (Å²) in [6, 6.07) is 8.93. The summed E-state index contributed by atoms with van der Waals surface area (Å²) < 4.78 is 13.3. The van der Waals surface area contributed by atoms with E-state index < -0.39 is 0 Å². The molecule has 0 amide bonds. The molecule has 2 aromatic heterocycles. The number of rotatable bonds is 7. The molecule has 2 aliphatic rings. The van der Waals surface area contributed by atoms with Crippen LogP contribution in [0.5, 0.6) is 0 Å². The maximum absolute atomic E-state index is 13.3. The Morgan fingerprint density at radius 3 is 2.53 bits per heavy atom. The molecule has 2 N–H and O–H groups in total. The van der Waals surface area contributed by atoms with Crippen LogP contribution in [0.2, 0.25) is 0 Å². The highest BCUT2D eigenvalue weighted by Crippen LogP contribution is 2.28. The lowest BCUT2D eigenvalue weighted by atomic mass is 10.1. The molecule has 0 aliphatic carbocycles. The second-order valence-corrected chi connectivity index (χ2v) is 8.37. The van der Waals surface area contributed by atoms with Gasteiger partial charge in [0.15, 0.2) is 0 Å². The third-order valence-electron chi connectivity index (χ3n) is 6.09. The minimum atomic E-state index is -0.250. The van der Waals surface area contributed by atoms with Crippen LogP contribution in [0.1, 0.15) is 31.4 Å². The average Bonchev–Trinajstić information content (AvgIpc) is 3.28. The summed E-state index contributed by atoms with van der Waals surface area (Å²) in [5.74, 6) is 2.40. The average molecular weight is 435 g/mol. The monoisotopic (exact) mass is 434 g/mol. The molecule has 8 nitrogen and oxygen atoms in total. The summed E-state index contributed by atoms with van der Waals surface area (Å²) in [6.07, 6.45) is 7.52. The van der Waals surface area contributed by atoms with Crippen molar-refractivity contribution in [3.05, 3.63) is 60.3 Å². The number of halogens is 1. The van der Waals surface area contributed by atoms with Crippen molar-refractivity contribution >= 4 is 23.4 Å². The van der Waals surface area contributed by atoms with Crippen molar-refractivity contribution in [3.63, 3.8) is 0 Å². The highest BCUT2D eigenvalue weighted by Gasteiger charge is 2.34. The molecule has 1 aromatic carbocycles. The Hall–Kier alpha value is -3.33. The standard InChI is InChI=1S/C23H27FN8/c1-16(17-4-6-18(24)7-5-17)27-23-29-20(28-21-13-25-8-9-26-21)12-22(30-23)32-14-19(15-32)31-10-2-3-11-31/h4-9,12-13,16,19H,2-3,10-11,14-15H2,1H3,(H2,26,27,28,29,30). The zero-order chi connectivity index (χ0) is 21.9. The number of anilines is 4. The summed E-state index contributed by atoms with van der Waals surface area (Å²) >= 11 is 0. The van der Waals surface area contributed by atoms with Crippen LogP contribution in [-0.4, -0.2) is 57.1 Å². The normalized spacial score (nSPS) is 17.8. The van der Waals surface area contributed by atoms with Crippen LogP contribution in [-0.2, 0) is 0 Å². The van der Waals surface area contributed by atoms with Gasteiger partial charge >= 0.3 is 0 Å². The Bertz CT molecular complexity index is 1030. The molecule has 3 aromatic rings. The van der Waals surface area contributed by atoms with Crippen molar-refractivity contribution in [1.82, 2.24) is 24.8 Å². The number of likely N-dealkylation sites (tertiary alicyclic amines) is 1. The minimum Gasteiger partial charge on any atom is -0.353 e. The molecular formula is C23H27FN8. The minimum absolute atomic E-state index is 0.0797. The lowest BCUT2D eigenvalue weighted by Gasteiger charge is -2.44. The fourth-order valence-corrected chi connectivity index (χ4v) is 4.23. The van der Waals surface area contributed by atoms with Gasteiger partial charge in [-0.2, -0.15) is 9.97 Å². The number of aromatic nitrogens is 4. The Labute approximate surface area is 186 Å². The summed E-state index contributed by atoms with van der Waals surface area (Å²) in [6.45, 7) is 6.34. The lowest BCUT2D eigenvalue weighted by Crippen LogP contribution is -2.59. The number of nitrogens with zero attached hydrogens (tertiary/aromatic N) is 6. The lowest BCUT2D eigenvalue weighted by molar-refractivity contribution is 0.204. The molecular weight excluding hydrogens is 407 g/mol. The molecule has 2 aliphatic heterocycles. The van der Waals surface area contributed by atoms with E-state index in [1.165, 1.54) is 38.1 Å². The third kappa shape index (κ3) is 4.62. The molecule has 32 heavy (non-hydrogen) atoms. The van der Waals surface area contributed by atoms with E-state index in [-0.39, 0.29) is 11.9 Å². The molecule has 2 saturated heterocycles. The number of hydrogen-bond donors (Lipinski definition) is 2. The van der Waals surface area contributed by atoms with Gasteiger partial charge in [-0.3, -0.25) is 9.88 Å². The molecule has 0 saturated carbocycles. The molecule has 1 unspecified atom stereocenters. The van der Waals surface area contributed by atoms with Crippen molar-refractivity contribution in [3.8, 4) is 0 Å². The largest absolute Gasteiger partial charge is 0.353 e. The highest BCUT2D eigenvalue weighted by atomic mass is 19.1. The van der Waals surface area contributed by atoms with Gasteiger partial charge in [-0.1, -0.05) is 12.1 Å². The van der Waals surface area contributed by atoms with Gasteiger partial charge in [0.05, 0.1) is 12.2 Å². The van der Waals surface area contributed by atoms with Gasteiger partial charge < -0.3 is 15.5 Å². The van der Waals surface area contributed by atoms with E-state index in [1.807, 2.05) is 13.0 Å². The first-order valence-electron chi connectivity index (χ1n) is 11.1. The van der Waals surface area contributed by atoms with Gasteiger partial charge in [0.2, 0.25) is 5.95 Å². The molecule has 1 atom stereocenters. The van der Waals surface area contributed by atoms with E-state index >= 15 is 0 Å². The van der Waals surface area contributed by atoms with Crippen LogP contribution in [0.3, 0.4) is 0 Å². The van der Waals surface area contributed by atoms with E-state index in [4.69, 9.17) is 4.98 Å². The van der Waals surface area contributed by atoms with E-state index in [2.05, 4.69) is 35.4 Å². The van der Waals surface area contributed by atoms with Gasteiger partial charge in [0, 0.05) is 37.6 Å². The van der Waals surface area contributed by atoms with Gasteiger partial charge in [0.1, 0.15) is 23.3 Å². The Morgan fingerprint density at radius 2 is 1.81 bits per heavy atom. The van der Waals surface area contributed by atoms with Crippen molar-refractivity contribution in [2.24, 2.45) is 0 Å². The van der Waals surface area contributed by atoms with Crippen LogP contribution < -0.4 is 15.5 Å². The van der Waals surface area contributed by atoms with Crippen LogP contribution >= 0.6 is 0 Å².